The van der Waals surface area contributed by atoms with Gasteiger partial charge >= 0.3 is 0 Å². The minimum atomic E-state index is -3.73. The van der Waals surface area contributed by atoms with Crippen molar-refractivity contribution < 1.29 is 13.2 Å². The molecule has 1 aliphatic rings. The zero-order valence-electron chi connectivity index (χ0n) is 16.5. The van der Waals surface area contributed by atoms with E-state index < -0.39 is 10.0 Å². The van der Waals surface area contributed by atoms with Crippen LogP contribution in [0.15, 0.2) is 41.3 Å². The van der Waals surface area contributed by atoms with Crippen LogP contribution in [-0.2, 0) is 26.7 Å². The van der Waals surface area contributed by atoms with Gasteiger partial charge in [-0.2, -0.15) is 0 Å². The minimum absolute atomic E-state index is 0.0388. The van der Waals surface area contributed by atoms with Crippen LogP contribution in [0.4, 0.5) is 11.4 Å². The number of fused-ring (bicyclic) bond motifs is 1. The number of nitrogens with one attached hydrogen (secondary N) is 1. The van der Waals surface area contributed by atoms with Crippen LogP contribution >= 0.6 is 0 Å². The average Bonchev–Trinajstić information content (AvgIpc) is 2.88. The Bertz CT molecular complexity index is 1010. The molecule has 0 radical (unpaired) electrons. The van der Waals surface area contributed by atoms with E-state index in [0.717, 1.165) is 28.8 Å². The van der Waals surface area contributed by atoms with E-state index in [0.29, 0.717) is 12.2 Å². The second kappa shape index (κ2) is 6.68. The van der Waals surface area contributed by atoms with Crippen molar-refractivity contribution in [3.8, 4) is 0 Å². The van der Waals surface area contributed by atoms with Crippen molar-refractivity contribution in [1.29, 1.82) is 0 Å². The third-order valence-electron chi connectivity index (χ3n) is 5.21. The molecule has 0 atom stereocenters. The smallest absolute Gasteiger partial charge is 0.261 e. The lowest BCUT2D eigenvalue weighted by Crippen LogP contribution is -2.31. The van der Waals surface area contributed by atoms with Crippen LogP contribution in [0, 0.1) is 6.92 Å². The minimum Gasteiger partial charge on any atom is -0.311 e. The molecule has 0 unspecified atom stereocenters. The van der Waals surface area contributed by atoms with Gasteiger partial charge in [-0.3, -0.25) is 9.52 Å². The Morgan fingerprint density at radius 2 is 1.93 bits per heavy atom. The molecule has 6 heteroatoms. The normalized spacial score (nSPS) is 15.5. The van der Waals surface area contributed by atoms with Gasteiger partial charge in [-0.25, -0.2) is 8.42 Å². The molecule has 0 saturated carbocycles. The SMILES string of the molecule is CCc1cccc(C)c1NS(=O)(=O)c1ccc2c(c1)C(C)(C)CN2C(C)=O. The van der Waals surface area contributed by atoms with Crippen molar-refractivity contribution in [2.24, 2.45) is 0 Å². The Morgan fingerprint density at radius 1 is 1.22 bits per heavy atom. The first-order chi connectivity index (χ1) is 12.6. The summed E-state index contributed by atoms with van der Waals surface area (Å²) in [5.74, 6) is -0.0388. The van der Waals surface area contributed by atoms with Gasteiger partial charge in [0.2, 0.25) is 5.91 Å². The third-order valence-corrected chi connectivity index (χ3v) is 6.56. The van der Waals surface area contributed by atoms with Gasteiger partial charge in [-0.05, 0) is 48.2 Å². The van der Waals surface area contributed by atoms with E-state index in [1.54, 1.807) is 23.1 Å². The number of hydrogen-bond donors (Lipinski definition) is 1. The van der Waals surface area contributed by atoms with Crippen LogP contribution in [0.1, 0.15) is 44.4 Å². The number of benzene rings is 2. The molecule has 1 amide bonds. The summed E-state index contributed by atoms with van der Waals surface area (Å²) in [5, 5.41) is 0. The number of sulfonamides is 1. The molecule has 3 rings (SSSR count). The summed E-state index contributed by atoms with van der Waals surface area (Å²) in [7, 11) is -3.73. The van der Waals surface area contributed by atoms with Crippen molar-refractivity contribution in [2.45, 2.75) is 51.3 Å². The first-order valence-electron chi connectivity index (χ1n) is 9.11. The number of para-hydroxylation sites is 1. The van der Waals surface area contributed by atoms with Crippen LogP contribution < -0.4 is 9.62 Å². The second-order valence-corrected chi connectivity index (χ2v) is 9.42. The summed E-state index contributed by atoms with van der Waals surface area (Å²) in [6.45, 7) is 10.0. The van der Waals surface area contributed by atoms with Gasteiger partial charge in [0.1, 0.15) is 0 Å². The molecule has 1 aliphatic heterocycles. The predicted octanol–water partition coefficient (Wildman–Crippen LogP) is 4.00. The molecule has 2 aromatic rings. The van der Waals surface area contributed by atoms with Crippen LogP contribution in [0.2, 0.25) is 0 Å². The summed E-state index contributed by atoms with van der Waals surface area (Å²) >= 11 is 0. The molecule has 0 saturated heterocycles. The van der Waals surface area contributed by atoms with Gasteiger partial charge in [0.25, 0.3) is 10.0 Å². The summed E-state index contributed by atoms with van der Waals surface area (Å²) in [4.78, 5) is 13.8. The van der Waals surface area contributed by atoms with E-state index >= 15 is 0 Å². The Kier molecular flexibility index (Phi) is 4.80. The number of aryl methyl sites for hydroxylation is 2. The van der Waals surface area contributed by atoms with E-state index in [9.17, 15) is 13.2 Å². The average molecular weight is 387 g/mol. The molecule has 0 aromatic heterocycles. The highest BCUT2D eigenvalue weighted by molar-refractivity contribution is 7.92. The Hall–Kier alpha value is -2.34. The standard InChI is InChI=1S/C21H26N2O3S/c1-6-16-9-7-8-14(2)20(16)22-27(25,26)17-10-11-19-18(12-17)21(4,5)13-23(19)15(3)24/h7-12,22H,6,13H2,1-5H3. The quantitative estimate of drug-likeness (QED) is 0.864. The Balaban J connectivity index is 2.04. The van der Waals surface area contributed by atoms with E-state index in [4.69, 9.17) is 0 Å². The number of hydrogen-bond acceptors (Lipinski definition) is 3. The molecular weight excluding hydrogens is 360 g/mol. The maximum atomic E-state index is 13.1. The van der Waals surface area contributed by atoms with Gasteiger partial charge in [0.05, 0.1) is 10.6 Å². The fourth-order valence-corrected chi connectivity index (χ4v) is 4.87. The van der Waals surface area contributed by atoms with Gasteiger partial charge in [-0.1, -0.05) is 39.0 Å². The lowest BCUT2D eigenvalue weighted by Gasteiger charge is -2.19. The molecule has 0 fully saturated rings. The molecular formula is C21H26N2O3S. The maximum absolute atomic E-state index is 13.1. The highest BCUT2D eigenvalue weighted by Crippen LogP contribution is 2.41. The zero-order valence-corrected chi connectivity index (χ0v) is 17.3. The van der Waals surface area contributed by atoms with Crippen LogP contribution in [-0.4, -0.2) is 20.9 Å². The first-order valence-corrected chi connectivity index (χ1v) is 10.6. The van der Waals surface area contributed by atoms with E-state index in [2.05, 4.69) is 4.72 Å². The summed E-state index contributed by atoms with van der Waals surface area (Å²) < 4.78 is 28.9. The summed E-state index contributed by atoms with van der Waals surface area (Å²) in [6.07, 6.45) is 0.740. The highest BCUT2D eigenvalue weighted by atomic mass is 32.2. The monoisotopic (exact) mass is 386 g/mol. The van der Waals surface area contributed by atoms with Crippen molar-refractivity contribution in [3.63, 3.8) is 0 Å². The predicted molar refractivity (Wildman–Crippen MR) is 109 cm³/mol. The number of nitrogens with zero attached hydrogens (tertiary/aromatic N) is 1. The number of anilines is 2. The molecule has 2 aromatic carbocycles. The second-order valence-electron chi connectivity index (χ2n) is 7.74. The maximum Gasteiger partial charge on any atom is 0.261 e. The number of carbonyl (C=O) groups is 1. The van der Waals surface area contributed by atoms with E-state index in [-0.39, 0.29) is 16.2 Å². The Labute approximate surface area is 161 Å². The van der Waals surface area contributed by atoms with Crippen molar-refractivity contribution >= 4 is 27.3 Å². The first kappa shape index (κ1) is 19.4. The Morgan fingerprint density at radius 3 is 2.56 bits per heavy atom. The molecule has 5 nitrogen and oxygen atoms in total. The van der Waals surface area contributed by atoms with Crippen LogP contribution in [0.25, 0.3) is 0 Å². The van der Waals surface area contributed by atoms with Gasteiger partial charge < -0.3 is 4.90 Å². The molecule has 144 valence electrons. The van der Waals surface area contributed by atoms with E-state index in [1.165, 1.54) is 6.92 Å². The number of amides is 1. The van der Waals surface area contributed by atoms with Gasteiger partial charge in [0, 0.05) is 24.6 Å². The summed E-state index contributed by atoms with van der Waals surface area (Å²) in [5.41, 5.74) is 3.86. The van der Waals surface area contributed by atoms with Crippen LogP contribution in [0.3, 0.4) is 0 Å². The largest absolute Gasteiger partial charge is 0.311 e. The van der Waals surface area contributed by atoms with Gasteiger partial charge in [0.15, 0.2) is 0 Å². The number of carbonyl (C=O) groups excluding carboxylic acids is 1. The molecule has 1 N–H and O–H groups in total. The fourth-order valence-electron chi connectivity index (χ4n) is 3.67. The summed E-state index contributed by atoms with van der Waals surface area (Å²) in [6, 6.07) is 10.8. The lowest BCUT2D eigenvalue weighted by molar-refractivity contribution is -0.116. The lowest BCUT2D eigenvalue weighted by atomic mass is 9.87. The van der Waals surface area contributed by atoms with E-state index in [1.807, 2.05) is 45.9 Å². The molecule has 27 heavy (non-hydrogen) atoms. The molecule has 0 aliphatic carbocycles. The van der Waals surface area contributed by atoms with Crippen molar-refractivity contribution in [3.05, 3.63) is 53.1 Å². The topological polar surface area (TPSA) is 66.5 Å². The third kappa shape index (κ3) is 3.46. The molecule has 0 spiro atoms. The molecule has 0 bridgehead atoms. The molecule has 1 heterocycles. The fraction of sp³-hybridized carbons (Fsp3) is 0.381. The van der Waals surface area contributed by atoms with Gasteiger partial charge in [-0.15, -0.1) is 0 Å². The highest BCUT2D eigenvalue weighted by Gasteiger charge is 2.37. The van der Waals surface area contributed by atoms with Crippen LogP contribution in [0.5, 0.6) is 0 Å². The number of rotatable bonds is 4. The van der Waals surface area contributed by atoms with Crippen molar-refractivity contribution in [1.82, 2.24) is 0 Å². The van der Waals surface area contributed by atoms with Crippen molar-refractivity contribution in [2.75, 3.05) is 16.2 Å². The zero-order chi connectivity index (χ0) is 20.0.